The lowest BCUT2D eigenvalue weighted by Crippen LogP contribution is -2.42. The summed E-state index contributed by atoms with van der Waals surface area (Å²) < 4.78 is 7.37. The van der Waals surface area contributed by atoms with Gasteiger partial charge in [-0.1, -0.05) is 0 Å². The summed E-state index contributed by atoms with van der Waals surface area (Å²) in [6.45, 7) is 3.74. The normalized spacial score (nSPS) is 17.6. The summed E-state index contributed by atoms with van der Waals surface area (Å²) in [5, 5.41) is 11.0. The quantitative estimate of drug-likeness (QED) is 0.927. The van der Waals surface area contributed by atoms with Gasteiger partial charge in [-0.25, -0.2) is 9.78 Å². The summed E-state index contributed by atoms with van der Waals surface area (Å²) in [5.41, 5.74) is 0.588. The minimum absolute atomic E-state index is 0.143. The molecule has 1 aliphatic heterocycles. The number of nitrogens with zero attached hydrogens (tertiary/aromatic N) is 5. The highest BCUT2D eigenvalue weighted by Crippen LogP contribution is 2.26. The van der Waals surface area contributed by atoms with Crippen LogP contribution in [-0.4, -0.2) is 50.4 Å². The van der Waals surface area contributed by atoms with Gasteiger partial charge in [-0.3, -0.25) is 0 Å². The van der Waals surface area contributed by atoms with Gasteiger partial charge in [-0.2, -0.15) is 0 Å². The maximum atomic E-state index is 12.6. The summed E-state index contributed by atoms with van der Waals surface area (Å²) >= 11 is 0. The van der Waals surface area contributed by atoms with Crippen LogP contribution in [0.2, 0.25) is 0 Å². The third kappa shape index (κ3) is 3.47. The van der Waals surface area contributed by atoms with Crippen LogP contribution in [0.15, 0.2) is 24.7 Å². The van der Waals surface area contributed by atoms with Gasteiger partial charge in [0.05, 0.1) is 6.61 Å². The Morgan fingerprint density at radius 1 is 1.50 bits per heavy atom. The van der Waals surface area contributed by atoms with E-state index in [1.54, 1.807) is 24.7 Å². The number of aryl methyl sites for hydroxylation is 1. The van der Waals surface area contributed by atoms with Crippen LogP contribution in [0.1, 0.15) is 31.5 Å². The minimum atomic E-state index is -0.143. The molecule has 1 aliphatic rings. The second-order valence-electron chi connectivity index (χ2n) is 5.80. The summed E-state index contributed by atoms with van der Waals surface area (Å²) in [7, 11) is 1.93. The van der Waals surface area contributed by atoms with E-state index in [0.29, 0.717) is 24.7 Å². The molecule has 1 N–H and O–H groups in total. The Balaban J connectivity index is 1.68. The van der Waals surface area contributed by atoms with Crippen molar-refractivity contribution in [3.8, 4) is 5.88 Å². The topological polar surface area (TPSA) is 85.2 Å². The molecule has 0 aromatic carbocycles. The fourth-order valence-electron chi connectivity index (χ4n) is 2.97. The summed E-state index contributed by atoms with van der Waals surface area (Å²) in [5.74, 6) is 1.57. The number of amides is 2. The molecule has 3 rings (SSSR count). The Kier molecular flexibility index (Phi) is 4.93. The molecule has 2 aromatic heterocycles. The van der Waals surface area contributed by atoms with Gasteiger partial charge < -0.3 is 19.5 Å². The van der Waals surface area contributed by atoms with Crippen molar-refractivity contribution in [2.45, 2.75) is 25.7 Å². The molecule has 0 radical (unpaired) electrons. The molecule has 1 saturated heterocycles. The minimum Gasteiger partial charge on any atom is -0.476 e. The lowest BCUT2D eigenvalue weighted by molar-refractivity contribution is 0.190. The standard InChI is InChI=1S/C16H22N6O2/c1-3-24-15-13(7-4-8-17-15)19-16(23)22-9-5-6-12(10-22)14-20-18-11-21(14)2/h4,7-8,11-12H,3,5-6,9-10H2,1-2H3,(H,19,23). The molecule has 0 aliphatic carbocycles. The molecule has 1 unspecified atom stereocenters. The van der Waals surface area contributed by atoms with Crippen molar-refractivity contribution >= 4 is 11.7 Å². The van der Waals surface area contributed by atoms with E-state index in [1.807, 2.05) is 23.4 Å². The maximum absolute atomic E-state index is 12.6. The van der Waals surface area contributed by atoms with Crippen molar-refractivity contribution in [1.29, 1.82) is 0 Å². The number of nitrogens with one attached hydrogen (secondary N) is 1. The zero-order chi connectivity index (χ0) is 16.9. The third-order valence-electron chi connectivity index (χ3n) is 4.11. The highest BCUT2D eigenvalue weighted by Gasteiger charge is 2.27. The second kappa shape index (κ2) is 7.29. The van der Waals surface area contributed by atoms with Crippen LogP contribution in [0, 0.1) is 0 Å². The van der Waals surface area contributed by atoms with Gasteiger partial charge in [0.2, 0.25) is 5.88 Å². The lowest BCUT2D eigenvalue weighted by atomic mass is 9.97. The lowest BCUT2D eigenvalue weighted by Gasteiger charge is -2.32. The monoisotopic (exact) mass is 330 g/mol. The molecule has 2 aromatic rings. The second-order valence-corrected chi connectivity index (χ2v) is 5.80. The van der Waals surface area contributed by atoms with Crippen LogP contribution in [0.25, 0.3) is 0 Å². The van der Waals surface area contributed by atoms with Gasteiger partial charge in [0.1, 0.15) is 17.8 Å². The first kappa shape index (κ1) is 16.2. The number of carbonyl (C=O) groups is 1. The Morgan fingerprint density at radius 2 is 2.38 bits per heavy atom. The van der Waals surface area contributed by atoms with Crippen molar-refractivity contribution in [1.82, 2.24) is 24.6 Å². The van der Waals surface area contributed by atoms with Crippen molar-refractivity contribution in [2.75, 3.05) is 25.0 Å². The molecular formula is C16H22N6O2. The number of carbonyl (C=O) groups excluding carboxylic acids is 1. The van der Waals surface area contributed by atoms with Gasteiger partial charge in [0, 0.05) is 32.3 Å². The number of rotatable bonds is 4. The number of urea groups is 1. The number of ether oxygens (including phenoxy) is 1. The Morgan fingerprint density at radius 3 is 3.12 bits per heavy atom. The Bertz CT molecular complexity index is 701. The van der Waals surface area contributed by atoms with Crippen LogP contribution in [-0.2, 0) is 7.05 Å². The van der Waals surface area contributed by atoms with Crippen molar-refractivity contribution in [3.05, 3.63) is 30.5 Å². The van der Waals surface area contributed by atoms with E-state index in [2.05, 4.69) is 20.5 Å². The molecule has 1 fully saturated rings. The van der Waals surface area contributed by atoms with Crippen molar-refractivity contribution in [3.63, 3.8) is 0 Å². The van der Waals surface area contributed by atoms with E-state index < -0.39 is 0 Å². The molecule has 0 spiro atoms. The van der Waals surface area contributed by atoms with E-state index in [4.69, 9.17) is 4.74 Å². The first-order valence-corrected chi connectivity index (χ1v) is 8.16. The van der Waals surface area contributed by atoms with Crippen LogP contribution >= 0.6 is 0 Å². The van der Waals surface area contributed by atoms with E-state index in [0.717, 1.165) is 25.2 Å². The first-order valence-electron chi connectivity index (χ1n) is 8.16. The number of piperidine rings is 1. The summed E-state index contributed by atoms with van der Waals surface area (Å²) in [6, 6.07) is 3.42. The maximum Gasteiger partial charge on any atom is 0.322 e. The third-order valence-corrected chi connectivity index (χ3v) is 4.11. The number of hydrogen-bond donors (Lipinski definition) is 1. The van der Waals surface area contributed by atoms with Gasteiger partial charge >= 0.3 is 6.03 Å². The van der Waals surface area contributed by atoms with Crippen molar-refractivity contribution < 1.29 is 9.53 Å². The molecule has 8 nitrogen and oxygen atoms in total. The molecular weight excluding hydrogens is 308 g/mol. The highest BCUT2D eigenvalue weighted by atomic mass is 16.5. The molecule has 0 saturated carbocycles. The Labute approximate surface area is 140 Å². The number of pyridine rings is 1. The highest BCUT2D eigenvalue weighted by molar-refractivity contribution is 5.90. The summed E-state index contributed by atoms with van der Waals surface area (Å²) in [6.07, 6.45) is 5.29. The fourth-order valence-corrected chi connectivity index (χ4v) is 2.97. The van der Waals surface area contributed by atoms with Crippen LogP contribution < -0.4 is 10.1 Å². The average molecular weight is 330 g/mol. The zero-order valence-electron chi connectivity index (χ0n) is 14.0. The SMILES string of the molecule is CCOc1ncccc1NC(=O)N1CCCC(c2nncn2C)C1. The van der Waals surface area contributed by atoms with Gasteiger partial charge in [0.25, 0.3) is 0 Å². The fraction of sp³-hybridized carbons (Fsp3) is 0.500. The molecule has 24 heavy (non-hydrogen) atoms. The predicted octanol–water partition coefficient (Wildman–Crippen LogP) is 2.02. The molecule has 8 heteroatoms. The van der Waals surface area contributed by atoms with Gasteiger partial charge in [0.15, 0.2) is 0 Å². The molecule has 2 amide bonds. The number of anilines is 1. The van der Waals surface area contributed by atoms with Crippen LogP contribution in [0.3, 0.4) is 0 Å². The number of hydrogen-bond acceptors (Lipinski definition) is 5. The molecule has 3 heterocycles. The van der Waals surface area contributed by atoms with Crippen LogP contribution in [0.5, 0.6) is 5.88 Å². The van der Waals surface area contributed by atoms with E-state index in [1.165, 1.54) is 0 Å². The van der Waals surface area contributed by atoms with Gasteiger partial charge in [-0.05, 0) is 31.9 Å². The van der Waals surface area contributed by atoms with E-state index in [-0.39, 0.29) is 11.9 Å². The predicted molar refractivity (Wildman–Crippen MR) is 89.0 cm³/mol. The van der Waals surface area contributed by atoms with Gasteiger partial charge in [-0.15, -0.1) is 10.2 Å². The van der Waals surface area contributed by atoms with Crippen molar-refractivity contribution in [2.24, 2.45) is 7.05 Å². The average Bonchev–Trinajstić information content (AvgIpc) is 3.03. The smallest absolute Gasteiger partial charge is 0.322 e. The molecule has 0 bridgehead atoms. The largest absolute Gasteiger partial charge is 0.476 e. The Hall–Kier alpha value is -2.64. The first-order chi connectivity index (χ1) is 11.7. The number of aromatic nitrogens is 4. The zero-order valence-corrected chi connectivity index (χ0v) is 14.0. The number of likely N-dealkylation sites (tertiary alicyclic amines) is 1. The van der Waals surface area contributed by atoms with E-state index >= 15 is 0 Å². The molecule has 1 atom stereocenters. The van der Waals surface area contributed by atoms with Crippen LogP contribution in [0.4, 0.5) is 10.5 Å². The molecule has 128 valence electrons. The van der Waals surface area contributed by atoms with E-state index in [9.17, 15) is 4.79 Å². The summed E-state index contributed by atoms with van der Waals surface area (Å²) in [4.78, 5) is 18.6.